The van der Waals surface area contributed by atoms with Crippen LogP contribution in [0.1, 0.15) is 48.6 Å². The van der Waals surface area contributed by atoms with Crippen molar-refractivity contribution in [2.24, 2.45) is 0 Å². The Labute approximate surface area is 256 Å². The molecule has 2 heterocycles. The molecule has 2 amide bonds. The molecule has 2 N–H and O–H groups in total. The van der Waals surface area contributed by atoms with Crippen molar-refractivity contribution < 1.29 is 32.3 Å². The lowest BCUT2D eigenvalue weighted by Gasteiger charge is -2.31. The lowest BCUT2D eigenvalue weighted by molar-refractivity contribution is -0.142. The molecular weight excluding hydrogens is 590 g/mol. The Bertz CT molecular complexity index is 1550. The van der Waals surface area contributed by atoms with Crippen LogP contribution in [0.2, 0.25) is 0 Å². The zero-order valence-corrected chi connectivity index (χ0v) is 26.3. The van der Waals surface area contributed by atoms with Crippen LogP contribution >= 0.6 is 11.3 Å². The summed E-state index contributed by atoms with van der Waals surface area (Å²) in [7, 11) is -3.75. The van der Waals surface area contributed by atoms with Crippen molar-refractivity contribution in [3.8, 4) is 0 Å². The number of carbonyl (C=O) groups is 3. The van der Waals surface area contributed by atoms with Gasteiger partial charge in [-0.3, -0.25) is 14.3 Å². The highest BCUT2D eigenvalue weighted by atomic mass is 32.2. The van der Waals surface area contributed by atoms with E-state index in [4.69, 9.17) is 9.47 Å². The van der Waals surface area contributed by atoms with Crippen molar-refractivity contribution in [1.29, 1.82) is 0 Å². The summed E-state index contributed by atoms with van der Waals surface area (Å²) in [5.74, 6) is -0.543. The summed E-state index contributed by atoms with van der Waals surface area (Å²) in [6.07, 6.45) is 0.303. The Morgan fingerprint density at radius 1 is 1.05 bits per heavy atom. The van der Waals surface area contributed by atoms with Crippen LogP contribution in [0.25, 0.3) is 0 Å². The van der Waals surface area contributed by atoms with E-state index in [-0.39, 0.29) is 29.6 Å². The summed E-state index contributed by atoms with van der Waals surface area (Å²) in [5, 5.41) is 2.74. The first kappa shape index (κ1) is 32.0. The van der Waals surface area contributed by atoms with Gasteiger partial charge in [0.25, 0.3) is 10.0 Å². The number of anilines is 1. The highest BCUT2D eigenvalue weighted by Crippen LogP contribution is 2.29. The van der Waals surface area contributed by atoms with Gasteiger partial charge in [0.1, 0.15) is 11.6 Å². The van der Waals surface area contributed by atoms with Crippen LogP contribution in [0.15, 0.2) is 65.6 Å². The Kier molecular flexibility index (Phi) is 10.1. The third-order valence-electron chi connectivity index (χ3n) is 6.54. The lowest BCUT2D eigenvalue weighted by atomic mass is 10.0. The summed E-state index contributed by atoms with van der Waals surface area (Å²) in [6.45, 7) is 8.16. The minimum Gasteiger partial charge on any atom is -0.466 e. The van der Waals surface area contributed by atoms with Gasteiger partial charge in [-0.15, -0.1) is 11.3 Å². The number of nitrogens with zero attached hydrogens (tertiary/aromatic N) is 1. The van der Waals surface area contributed by atoms with E-state index in [2.05, 4.69) is 10.0 Å². The van der Waals surface area contributed by atoms with E-state index >= 15 is 0 Å². The Hall–Kier alpha value is -3.90. The molecule has 1 unspecified atom stereocenters. The van der Waals surface area contributed by atoms with Gasteiger partial charge in [-0.2, -0.15) is 0 Å². The van der Waals surface area contributed by atoms with Gasteiger partial charge in [0.15, 0.2) is 0 Å². The molecule has 0 saturated heterocycles. The van der Waals surface area contributed by atoms with Gasteiger partial charge in [-0.1, -0.05) is 30.3 Å². The van der Waals surface area contributed by atoms with Crippen LogP contribution < -0.4 is 10.0 Å². The van der Waals surface area contributed by atoms with Crippen molar-refractivity contribution in [2.45, 2.75) is 70.0 Å². The van der Waals surface area contributed by atoms with Crippen molar-refractivity contribution in [1.82, 2.24) is 10.2 Å². The molecule has 0 radical (unpaired) electrons. The third kappa shape index (κ3) is 9.04. The predicted molar refractivity (Wildman–Crippen MR) is 164 cm³/mol. The zero-order chi connectivity index (χ0) is 31.2. The molecule has 12 heteroatoms. The first-order valence-electron chi connectivity index (χ1n) is 14.0. The van der Waals surface area contributed by atoms with Gasteiger partial charge >= 0.3 is 12.1 Å². The summed E-state index contributed by atoms with van der Waals surface area (Å²) >= 11 is 1.56. The molecule has 1 aliphatic heterocycles. The number of hydrogen-bond donors (Lipinski definition) is 2. The maximum absolute atomic E-state index is 13.8. The topological polar surface area (TPSA) is 131 Å². The van der Waals surface area contributed by atoms with E-state index in [1.807, 2.05) is 6.07 Å². The monoisotopic (exact) mass is 627 g/mol. The minimum atomic E-state index is -3.75. The van der Waals surface area contributed by atoms with E-state index in [0.29, 0.717) is 31.8 Å². The molecular formula is C31H37N3O7S2. The number of nitrogens with one attached hydrogen (secondary N) is 2. The van der Waals surface area contributed by atoms with E-state index in [0.717, 1.165) is 20.9 Å². The largest absolute Gasteiger partial charge is 0.466 e. The van der Waals surface area contributed by atoms with Crippen molar-refractivity contribution in [3.05, 3.63) is 81.5 Å². The average molecular weight is 628 g/mol. The molecule has 4 rings (SSSR count). The van der Waals surface area contributed by atoms with Crippen LogP contribution in [0, 0.1) is 0 Å². The summed E-state index contributed by atoms with van der Waals surface area (Å²) < 4.78 is 38.4. The number of thiophene rings is 1. The second kappa shape index (κ2) is 13.6. The Balaban J connectivity index is 1.48. The van der Waals surface area contributed by atoms with Gasteiger partial charge in [-0.05, 0) is 75.6 Å². The number of alkyl carbamates (subject to hydrolysis) is 1. The van der Waals surface area contributed by atoms with Crippen LogP contribution in [-0.4, -0.2) is 56.1 Å². The third-order valence-corrected chi connectivity index (χ3v) is 9.18. The van der Waals surface area contributed by atoms with Gasteiger partial charge in [0.2, 0.25) is 5.91 Å². The molecule has 43 heavy (non-hydrogen) atoms. The molecule has 0 saturated carbocycles. The number of hydrogen-bond acceptors (Lipinski definition) is 8. The molecule has 1 atom stereocenters. The van der Waals surface area contributed by atoms with Gasteiger partial charge in [0, 0.05) is 35.0 Å². The van der Waals surface area contributed by atoms with Crippen molar-refractivity contribution in [2.75, 3.05) is 17.9 Å². The quantitative estimate of drug-likeness (QED) is 0.312. The summed E-state index contributed by atoms with van der Waals surface area (Å²) in [6, 6.07) is 15.8. The average Bonchev–Trinajstić information content (AvgIpc) is 3.34. The molecule has 0 spiro atoms. The smallest absolute Gasteiger partial charge is 0.408 e. The molecule has 230 valence electrons. The normalized spacial score (nSPS) is 13.9. The highest BCUT2D eigenvalue weighted by molar-refractivity contribution is 7.92. The van der Waals surface area contributed by atoms with Crippen LogP contribution in [0.3, 0.4) is 0 Å². The number of carbonyl (C=O) groups excluding carboxylic acids is 3. The van der Waals surface area contributed by atoms with Crippen molar-refractivity contribution >= 4 is 45.0 Å². The first-order valence-corrected chi connectivity index (χ1v) is 16.3. The van der Waals surface area contributed by atoms with Gasteiger partial charge in [0.05, 0.1) is 17.9 Å². The van der Waals surface area contributed by atoms with Crippen LogP contribution in [0.4, 0.5) is 10.5 Å². The molecule has 3 aromatic rings. The van der Waals surface area contributed by atoms with Gasteiger partial charge < -0.3 is 19.7 Å². The maximum atomic E-state index is 13.8. The summed E-state index contributed by atoms with van der Waals surface area (Å²) in [4.78, 5) is 42.3. The van der Waals surface area contributed by atoms with E-state index < -0.39 is 27.8 Å². The SMILES string of the molecule is CCOC(=O)Cc1cc2c(s1)CCN(C(=O)C(Cc1ccc(NS(=O)(=O)c3ccccc3)cc1)NC(=O)OC(C)(C)C)C2. The molecule has 10 nitrogen and oxygen atoms in total. The maximum Gasteiger partial charge on any atom is 0.408 e. The molecule has 2 aromatic carbocycles. The first-order chi connectivity index (χ1) is 20.3. The fourth-order valence-electron chi connectivity index (χ4n) is 4.65. The second-order valence-electron chi connectivity index (χ2n) is 11.2. The number of esters is 1. The molecule has 0 bridgehead atoms. The highest BCUT2D eigenvalue weighted by Gasteiger charge is 2.31. The molecule has 0 aliphatic carbocycles. The number of ether oxygens (including phenoxy) is 2. The Morgan fingerprint density at radius 3 is 2.40 bits per heavy atom. The van der Waals surface area contributed by atoms with Gasteiger partial charge in [-0.25, -0.2) is 13.2 Å². The van der Waals surface area contributed by atoms with Crippen molar-refractivity contribution in [3.63, 3.8) is 0 Å². The van der Waals surface area contributed by atoms with E-state index in [1.165, 1.54) is 12.1 Å². The number of benzene rings is 2. The number of fused-ring (bicyclic) bond motifs is 1. The fraction of sp³-hybridized carbons (Fsp3) is 0.387. The minimum absolute atomic E-state index is 0.148. The summed E-state index contributed by atoms with van der Waals surface area (Å²) in [5.41, 5.74) is 1.33. The standard InChI is InChI=1S/C31H37N3O7S2/c1-5-40-28(35)19-24-18-22-20-34(16-15-27(22)42-24)29(36)26(32-30(37)41-31(2,3)4)17-21-11-13-23(14-12-21)33-43(38,39)25-9-7-6-8-10-25/h6-14,18,26,33H,5,15-17,19-20H2,1-4H3,(H,32,37). The number of amides is 2. The molecule has 1 aliphatic rings. The van der Waals surface area contributed by atoms with E-state index in [9.17, 15) is 22.8 Å². The fourth-order valence-corrected chi connectivity index (χ4v) is 6.89. The number of rotatable bonds is 10. The van der Waals surface area contributed by atoms with Crippen LogP contribution in [-0.2, 0) is 54.9 Å². The van der Waals surface area contributed by atoms with Crippen LogP contribution in [0.5, 0.6) is 0 Å². The zero-order valence-electron chi connectivity index (χ0n) is 24.7. The predicted octanol–water partition coefficient (Wildman–Crippen LogP) is 4.68. The molecule has 0 fully saturated rings. The van der Waals surface area contributed by atoms with E-state index in [1.54, 1.807) is 86.4 Å². The second-order valence-corrected chi connectivity index (χ2v) is 14.1. The molecule has 1 aromatic heterocycles. The lowest BCUT2D eigenvalue weighted by Crippen LogP contribution is -2.51. The Morgan fingerprint density at radius 2 is 1.74 bits per heavy atom. The number of sulfonamides is 1.